The monoisotopic (exact) mass is 346 g/mol. The van der Waals surface area contributed by atoms with E-state index in [1.807, 2.05) is 0 Å². The zero-order valence-corrected chi connectivity index (χ0v) is 13.8. The van der Waals surface area contributed by atoms with E-state index in [4.69, 9.17) is 11.6 Å². The van der Waals surface area contributed by atoms with Crippen LogP contribution in [0.25, 0.3) is 0 Å². The lowest BCUT2D eigenvalue weighted by Crippen LogP contribution is -2.13. The second kappa shape index (κ2) is 7.61. The van der Waals surface area contributed by atoms with Crippen LogP contribution < -0.4 is 10.6 Å². The minimum atomic E-state index is -0.587. The van der Waals surface area contributed by atoms with Crippen LogP contribution in [0.15, 0.2) is 42.5 Å². The van der Waals surface area contributed by atoms with Gasteiger partial charge in [-0.25, -0.2) is 4.79 Å². The summed E-state index contributed by atoms with van der Waals surface area (Å²) in [5.74, 6) is -1.14. The maximum absolute atomic E-state index is 12.2. The van der Waals surface area contributed by atoms with Crippen LogP contribution in [0.2, 0.25) is 5.02 Å². The molecule has 0 aliphatic rings. The van der Waals surface area contributed by atoms with Gasteiger partial charge in [-0.15, -0.1) is 0 Å². The van der Waals surface area contributed by atoms with Crippen LogP contribution in [0.1, 0.15) is 27.6 Å². The van der Waals surface area contributed by atoms with Gasteiger partial charge in [-0.1, -0.05) is 11.6 Å². The number of benzene rings is 2. The molecule has 0 bridgehead atoms. The molecule has 0 atom stereocenters. The molecular weight excluding hydrogens is 332 g/mol. The highest BCUT2D eigenvalue weighted by atomic mass is 35.5. The van der Waals surface area contributed by atoms with Crippen LogP contribution >= 0.6 is 11.6 Å². The van der Waals surface area contributed by atoms with Crippen molar-refractivity contribution in [3.05, 3.63) is 58.6 Å². The molecule has 2 aromatic carbocycles. The highest BCUT2D eigenvalue weighted by Gasteiger charge is 2.13. The number of hydrogen-bond donors (Lipinski definition) is 2. The maximum atomic E-state index is 12.2. The predicted molar refractivity (Wildman–Crippen MR) is 91.5 cm³/mol. The number of carbonyl (C=O) groups excluding carboxylic acids is 3. The van der Waals surface area contributed by atoms with Crippen molar-refractivity contribution in [1.82, 2.24) is 0 Å². The molecule has 0 fully saturated rings. The topological polar surface area (TPSA) is 84.5 Å². The number of halogens is 1. The van der Waals surface area contributed by atoms with Crippen LogP contribution in [0.5, 0.6) is 0 Å². The van der Waals surface area contributed by atoms with E-state index in [1.165, 1.54) is 26.2 Å². The summed E-state index contributed by atoms with van der Waals surface area (Å²) < 4.78 is 4.64. The van der Waals surface area contributed by atoms with Gasteiger partial charge in [-0.3, -0.25) is 9.59 Å². The van der Waals surface area contributed by atoms with Crippen molar-refractivity contribution in [3.8, 4) is 0 Å². The Morgan fingerprint density at radius 2 is 1.58 bits per heavy atom. The Morgan fingerprint density at radius 1 is 0.958 bits per heavy atom. The van der Waals surface area contributed by atoms with Crippen LogP contribution in [0.4, 0.5) is 11.4 Å². The van der Waals surface area contributed by atoms with E-state index in [0.29, 0.717) is 16.9 Å². The minimum Gasteiger partial charge on any atom is -0.465 e. The summed E-state index contributed by atoms with van der Waals surface area (Å²) in [5, 5.41) is 5.52. The predicted octanol–water partition coefficient (Wildman–Crippen LogP) is 3.34. The molecule has 2 aromatic rings. The van der Waals surface area contributed by atoms with E-state index in [9.17, 15) is 14.4 Å². The van der Waals surface area contributed by atoms with Gasteiger partial charge >= 0.3 is 5.97 Å². The largest absolute Gasteiger partial charge is 0.465 e. The molecule has 24 heavy (non-hydrogen) atoms. The van der Waals surface area contributed by atoms with Gasteiger partial charge in [-0.2, -0.15) is 0 Å². The smallest absolute Gasteiger partial charge is 0.339 e. The third kappa shape index (κ3) is 4.33. The lowest BCUT2D eigenvalue weighted by Gasteiger charge is -2.09. The van der Waals surface area contributed by atoms with Crippen molar-refractivity contribution in [2.75, 3.05) is 17.7 Å². The molecular formula is C17H15ClN2O4. The van der Waals surface area contributed by atoms with Crippen LogP contribution in [-0.4, -0.2) is 24.9 Å². The SMILES string of the molecule is COC(=O)c1cc(NC(=O)c2ccc(NC(C)=O)cc2)ccc1Cl. The van der Waals surface area contributed by atoms with Gasteiger partial charge in [0.2, 0.25) is 5.91 Å². The quantitative estimate of drug-likeness (QED) is 0.831. The van der Waals surface area contributed by atoms with E-state index >= 15 is 0 Å². The van der Waals surface area contributed by atoms with Crippen LogP contribution in [0.3, 0.4) is 0 Å². The van der Waals surface area contributed by atoms with Crippen molar-refractivity contribution in [2.45, 2.75) is 6.92 Å². The lowest BCUT2D eigenvalue weighted by atomic mass is 10.1. The Balaban J connectivity index is 2.14. The fraction of sp³-hybridized carbons (Fsp3) is 0.118. The average molecular weight is 347 g/mol. The van der Waals surface area contributed by atoms with Crippen molar-refractivity contribution < 1.29 is 19.1 Å². The molecule has 0 aliphatic heterocycles. The van der Waals surface area contributed by atoms with Gasteiger partial charge in [0.25, 0.3) is 5.91 Å². The van der Waals surface area contributed by atoms with Gasteiger partial charge in [0.1, 0.15) is 0 Å². The average Bonchev–Trinajstić information content (AvgIpc) is 2.56. The number of anilines is 2. The first kappa shape index (κ1) is 17.5. The van der Waals surface area contributed by atoms with Gasteiger partial charge < -0.3 is 15.4 Å². The molecule has 0 radical (unpaired) electrons. The molecule has 2 rings (SSSR count). The summed E-state index contributed by atoms with van der Waals surface area (Å²) in [4.78, 5) is 34.8. The minimum absolute atomic E-state index is 0.165. The molecule has 0 aliphatic carbocycles. The molecule has 124 valence electrons. The molecule has 2 N–H and O–H groups in total. The van der Waals surface area contributed by atoms with Gasteiger partial charge in [0, 0.05) is 23.9 Å². The summed E-state index contributed by atoms with van der Waals surface area (Å²) in [6.07, 6.45) is 0. The highest BCUT2D eigenvalue weighted by molar-refractivity contribution is 6.33. The summed E-state index contributed by atoms with van der Waals surface area (Å²) in [5.41, 5.74) is 1.57. The Kier molecular flexibility index (Phi) is 5.55. The molecule has 0 spiro atoms. The van der Waals surface area contributed by atoms with E-state index in [0.717, 1.165) is 0 Å². The maximum Gasteiger partial charge on any atom is 0.339 e. The fourth-order valence-electron chi connectivity index (χ4n) is 1.98. The first-order chi connectivity index (χ1) is 11.4. The molecule has 6 nitrogen and oxygen atoms in total. The summed E-state index contributed by atoms with van der Waals surface area (Å²) in [7, 11) is 1.25. The standard InChI is InChI=1S/C17H15ClN2O4/c1-10(21)19-12-5-3-11(4-6-12)16(22)20-13-7-8-15(18)14(9-13)17(23)24-2/h3-9H,1-2H3,(H,19,21)(H,20,22). The number of ether oxygens (including phenoxy) is 1. The number of nitrogens with one attached hydrogen (secondary N) is 2. The van der Waals surface area contributed by atoms with Crippen molar-refractivity contribution in [3.63, 3.8) is 0 Å². The number of esters is 1. The molecule has 7 heteroatoms. The third-order valence-corrected chi connectivity index (χ3v) is 3.43. The zero-order valence-electron chi connectivity index (χ0n) is 13.1. The number of rotatable bonds is 4. The van der Waals surface area contributed by atoms with Crippen molar-refractivity contribution in [2.24, 2.45) is 0 Å². The number of carbonyl (C=O) groups is 3. The molecule has 0 heterocycles. The van der Waals surface area contributed by atoms with Gasteiger partial charge in [0.15, 0.2) is 0 Å². The lowest BCUT2D eigenvalue weighted by molar-refractivity contribution is -0.114. The van der Waals surface area contributed by atoms with E-state index in [1.54, 1.807) is 30.3 Å². The van der Waals surface area contributed by atoms with E-state index in [-0.39, 0.29) is 22.4 Å². The fourth-order valence-corrected chi connectivity index (χ4v) is 2.18. The van der Waals surface area contributed by atoms with Crippen molar-refractivity contribution in [1.29, 1.82) is 0 Å². The molecule has 2 amide bonds. The number of amides is 2. The second-order valence-electron chi connectivity index (χ2n) is 4.90. The second-order valence-corrected chi connectivity index (χ2v) is 5.31. The summed E-state index contributed by atoms with van der Waals surface area (Å²) >= 11 is 5.93. The molecule has 0 aromatic heterocycles. The van der Waals surface area contributed by atoms with Gasteiger partial charge in [0.05, 0.1) is 17.7 Å². The Hall–Kier alpha value is -2.86. The molecule has 0 unspecified atom stereocenters. The third-order valence-electron chi connectivity index (χ3n) is 3.10. The molecule has 0 saturated carbocycles. The highest BCUT2D eigenvalue weighted by Crippen LogP contribution is 2.22. The van der Waals surface area contributed by atoms with Gasteiger partial charge in [-0.05, 0) is 42.5 Å². The Morgan fingerprint density at radius 3 is 2.17 bits per heavy atom. The Labute approximate surface area is 143 Å². The van der Waals surface area contributed by atoms with E-state index in [2.05, 4.69) is 15.4 Å². The summed E-state index contributed by atoms with van der Waals surface area (Å²) in [6, 6.07) is 10.9. The molecule has 0 saturated heterocycles. The van der Waals surface area contributed by atoms with Crippen LogP contribution in [-0.2, 0) is 9.53 Å². The van der Waals surface area contributed by atoms with Crippen LogP contribution in [0, 0.1) is 0 Å². The first-order valence-electron chi connectivity index (χ1n) is 6.97. The zero-order chi connectivity index (χ0) is 17.7. The van der Waals surface area contributed by atoms with E-state index < -0.39 is 5.97 Å². The first-order valence-corrected chi connectivity index (χ1v) is 7.35. The number of hydrogen-bond acceptors (Lipinski definition) is 4. The summed E-state index contributed by atoms with van der Waals surface area (Å²) in [6.45, 7) is 1.40. The van der Waals surface area contributed by atoms with Crippen molar-refractivity contribution >= 4 is 40.8 Å². The Bertz CT molecular complexity index is 788. The number of methoxy groups -OCH3 is 1. The normalized spacial score (nSPS) is 9.96.